The fraction of sp³-hybridized carbons (Fsp3) is 0.810. The number of carbonyl (C=O) groups excluding carboxylic acids is 2. The van der Waals surface area contributed by atoms with Crippen LogP contribution in [-0.2, 0) is 14.3 Å². The van der Waals surface area contributed by atoms with Gasteiger partial charge in [0.1, 0.15) is 11.9 Å². The molecule has 0 bridgehead atoms. The van der Waals surface area contributed by atoms with Crippen molar-refractivity contribution in [1.29, 1.82) is 0 Å². The molecule has 4 aliphatic rings. The van der Waals surface area contributed by atoms with E-state index in [1.165, 1.54) is 5.57 Å². The average Bonchev–Trinajstić information content (AvgIpc) is 2.91. The normalized spacial score (nSPS) is 44.4. The molecule has 4 aliphatic carbocycles. The molecule has 3 fully saturated rings. The van der Waals surface area contributed by atoms with Gasteiger partial charge >= 0.3 is 6.16 Å². The molecule has 0 aliphatic heterocycles. The number of rotatable bonds is 2. The van der Waals surface area contributed by atoms with Gasteiger partial charge in [0.15, 0.2) is 6.07 Å². The lowest BCUT2D eigenvalue weighted by molar-refractivity contribution is -0.132. The van der Waals surface area contributed by atoms with Crippen molar-refractivity contribution in [1.82, 2.24) is 0 Å². The van der Waals surface area contributed by atoms with Crippen molar-refractivity contribution in [3.63, 3.8) is 0 Å². The van der Waals surface area contributed by atoms with Crippen LogP contribution in [0.3, 0.4) is 0 Å². The lowest BCUT2D eigenvalue weighted by Crippen LogP contribution is -2.50. The monoisotopic (exact) mass is 380 g/mol. The number of hydrogen-bond acceptors (Lipinski definition) is 4. The number of halogens is 1. The summed E-state index contributed by atoms with van der Waals surface area (Å²) in [4.78, 5) is 24.1. The summed E-state index contributed by atoms with van der Waals surface area (Å²) in [7, 11) is 0. The van der Waals surface area contributed by atoms with E-state index >= 15 is 0 Å². The first-order valence-electron chi connectivity index (χ1n) is 10.0. The van der Waals surface area contributed by atoms with Crippen LogP contribution in [-0.4, -0.2) is 24.1 Å². The van der Waals surface area contributed by atoms with Crippen molar-refractivity contribution in [2.75, 3.05) is 6.07 Å². The van der Waals surface area contributed by atoms with E-state index < -0.39 is 6.16 Å². The third-order valence-electron chi connectivity index (χ3n) is 8.20. The molecule has 0 heterocycles. The quantitative estimate of drug-likeness (QED) is 0.373. The number of Topliss-reactive ketones (excluding diaryl/α,β-unsaturated/α-hetero) is 1. The van der Waals surface area contributed by atoms with E-state index in [4.69, 9.17) is 21.1 Å². The molecule has 3 saturated carbocycles. The van der Waals surface area contributed by atoms with E-state index in [0.717, 1.165) is 51.4 Å². The molecule has 0 radical (unpaired) electrons. The van der Waals surface area contributed by atoms with E-state index in [1.54, 1.807) is 0 Å². The van der Waals surface area contributed by atoms with E-state index in [9.17, 15) is 9.59 Å². The number of ether oxygens (including phenoxy) is 2. The number of fused-ring (bicyclic) bond motifs is 5. The molecule has 144 valence electrons. The molecule has 0 aromatic rings. The minimum Gasteiger partial charge on any atom is -0.431 e. The smallest absolute Gasteiger partial charge is 0.431 e. The predicted molar refractivity (Wildman–Crippen MR) is 98.8 cm³/mol. The fourth-order valence-corrected chi connectivity index (χ4v) is 6.80. The Kier molecular flexibility index (Phi) is 4.61. The number of carbonyl (C=O) groups is 2. The van der Waals surface area contributed by atoms with Crippen molar-refractivity contribution in [3.8, 4) is 0 Å². The van der Waals surface area contributed by atoms with Crippen molar-refractivity contribution in [3.05, 3.63) is 11.6 Å². The molecular formula is C21H29ClO4. The Morgan fingerprint density at radius 1 is 1.19 bits per heavy atom. The molecular weight excluding hydrogens is 352 g/mol. The molecule has 0 spiro atoms. The van der Waals surface area contributed by atoms with Gasteiger partial charge in [-0.3, -0.25) is 4.79 Å². The van der Waals surface area contributed by atoms with Crippen molar-refractivity contribution >= 4 is 23.5 Å². The van der Waals surface area contributed by atoms with Gasteiger partial charge in [-0.2, -0.15) is 0 Å². The lowest BCUT2D eigenvalue weighted by Gasteiger charge is -2.56. The van der Waals surface area contributed by atoms with Gasteiger partial charge < -0.3 is 9.47 Å². The van der Waals surface area contributed by atoms with Crippen LogP contribution >= 0.6 is 11.6 Å². The molecule has 1 unspecified atom stereocenters. The lowest BCUT2D eigenvalue weighted by atomic mass is 9.48. The Hall–Kier alpha value is -1.03. The summed E-state index contributed by atoms with van der Waals surface area (Å²) in [5, 5.41) is 0. The summed E-state index contributed by atoms with van der Waals surface area (Å²) in [5.74, 6) is 2.33. The van der Waals surface area contributed by atoms with E-state index in [0.29, 0.717) is 23.5 Å². The highest BCUT2D eigenvalue weighted by molar-refractivity contribution is 6.17. The van der Waals surface area contributed by atoms with Gasteiger partial charge in [-0.15, -0.1) is 0 Å². The van der Waals surface area contributed by atoms with Gasteiger partial charge in [-0.1, -0.05) is 37.1 Å². The van der Waals surface area contributed by atoms with E-state index in [-0.39, 0.29) is 23.0 Å². The van der Waals surface area contributed by atoms with Gasteiger partial charge in [-0.05, 0) is 61.7 Å². The van der Waals surface area contributed by atoms with Gasteiger partial charge in [-0.25, -0.2) is 4.79 Å². The summed E-state index contributed by atoms with van der Waals surface area (Å²) >= 11 is 5.43. The largest absolute Gasteiger partial charge is 0.509 e. The van der Waals surface area contributed by atoms with Gasteiger partial charge in [0.25, 0.3) is 0 Å². The third kappa shape index (κ3) is 2.71. The van der Waals surface area contributed by atoms with Crippen LogP contribution in [0.2, 0.25) is 0 Å². The predicted octanol–water partition coefficient (Wildman–Crippen LogP) is 5.24. The first kappa shape index (κ1) is 18.3. The molecule has 6 atom stereocenters. The van der Waals surface area contributed by atoms with Crippen LogP contribution in [0, 0.1) is 28.6 Å². The minimum atomic E-state index is -0.666. The Morgan fingerprint density at radius 2 is 1.92 bits per heavy atom. The Bertz CT molecular complexity index is 644. The summed E-state index contributed by atoms with van der Waals surface area (Å²) < 4.78 is 10.1. The van der Waals surface area contributed by atoms with Crippen LogP contribution in [0.25, 0.3) is 0 Å². The van der Waals surface area contributed by atoms with Crippen LogP contribution < -0.4 is 0 Å². The zero-order chi connectivity index (χ0) is 18.5. The topological polar surface area (TPSA) is 52.6 Å². The standard InChI is InChI=1S/C21H29ClO4/c1-20-9-7-14(26-19(24)25-12-22)11-13(20)3-4-15-16-5-6-18(23)21(16,2)10-8-17(15)20/h3,14-17H,4-12H2,1-2H3/t14?,15-,16-,17-,20-,21-/m0/s1. The molecule has 0 aromatic heterocycles. The molecule has 26 heavy (non-hydrogen) atoms. The van der Waals surface area contributed by atoms with Crippen LogP contribution in [0.5, 0.6) is 0 Å². The van der Waals surface area contributed by atoms with E-state index in [1.807, 2.05) is 0 Å². The third-order valence-corrected chi connectivity index (χ3v) is 8.31. The zero-order valence-corrected chi connectivity index (χ0v) is 16.5. The molecule has 0 amide bonds. The molecule has 0 aromatic carbocycles. The number of hydrogen-bond donors (Lipinski definition) is 0. The van der Waals surface area contributed by atoms with Crippen LogP contribution in [0.1, 0.15) is 65.2 Å². The Labute approximate surface area is 160 Å². The van der Waals surface area contributed by atoms with Crippen molar-refractivity contribution in [2.24, 2.45) is 28.6 Å². The fourth-order valence-electron chi connectivity index (χ4n) is 6.71. The van der Waals surface area contributed by atoms with Crippen molar-refractivity contribution in [2.45, 2.75) is 71.3 Å². The second-order valence-corrected chi connectivity index (χ2v) is 9.38. The summed E-state index contributed by atoms with van der Waals surface area (Å²) in [6.45, 7) is 4.63. The Morgan fingerprint density at radius 3 is 2.69 bits per heavy atom. The molecule has 4 nitrogen and oxygen atoms in total. The number of ketones is 1. The molecule has 0 saturated heterocycles. The first-order valence-corrected chi connectivity index (χ1v) is 10.5. The summed E-state index contributed by atoms with van der Waals surface area (Å²) in [5.41, 5.74) is 1.56. The van der Waals surface area contributed by atoms with Gasteiger partial charge in [0.05, 0.1) is 0 Å². The summed E-state index contributed by atoms with van der Waals surface area (Å²) in [6, 6.07) is -0.172. The first-order chi connectivity index (χ1) is 12.4. The molecule has 0 N–H and O–H groups in total. The SMILES string of the molecule is C[C@]12CCC(OC(=O)OCCl)CC1=CC[C@@H]1[C@@H]2CC[C@]2(C)C(=O)CC[C@@H]12. The highest BCUT2D eigenvalue weighted by atomic mass is 35.5. The van der Waals surface area contributed by atoms with Crippen LogP contribution in [0.15, 0.2) is 11.6 Å². The van der Waals surface area contributed by atoms with Crippen molar-refractivity contribution < 1.29 is 19.1 Å². The van der Waals surface area contributed by atoms with Gasteiger partial charge in [0, 0.05) is 18.3 Å². The average molecular weight is 381 g/mol. The molecule has 4 rings (SSSR count). The maximum absolute atomic E-state index is 12.5. The number of alkyl halides is 1. The zero-order valence-electron chi connectivity index (χ0n) is 15.8. The highest BCUT2D eigenvalue weighted by Crippen LogP contribution is 2.64. The minimum absolute atomic E-state index is 0.0749. The second kappa shape index (κ2) is 6.54. The van der Waals surface area contributed by atoms with Gasteiger partial charge in [0.2, 0.25) is 0 Å². The molecule has 5 heteroatoms. The van der Waals surface area contributed by atoms with Crippen LogP contribution in [0.4, 0.5) is 4.79 Å². The maximum atomic E-state index is 12.5. The number of allylic oxidation sites excluding steroid dienone is 1. The van der Waals surface area contributed by atoms with E-state index in [2.05, 4.69) is 19.9 Å². The summed E-state index contributed by atoms with van der Waals surface area (Å²) in [6.07, 6.45) is 9.45. The maximum Gasteiger partial charge on any atom is 0.509 e. The highest BCUT2D eigenvalue weighted by Gasteiger charge is 2.58. The Balaban J connectivity index is 1.52. The second-order valence-electron chi connectivity index (χ2n) is 9.16.